The fourth-order valence-electron chi connectivity index (χ4n) is 5.05. The van der Waals surface area contributed by atoms with Gasteiger partial charge in [0.05, 0.1) is 5.56 Å². The molecule has 2 saturated heterocycles. The van der Waals surface area contributed by atoms with Gasteiger partial charge in [-0.25, -0.2) is 0 Å². The molecule has 2 atom stereocenters. The number of nitrogens with zero attached hydrogens (tertiary/aromatic N) is 2. The molecule has 2 aliphatic heterocycles. The van der Waals surface area contributed by atoms with Crippen LogP contribution in [0.2, 0.25) is 0 Å². The Labute approximate surface area is 186 Å². The van der Waals surface area contributed by atoms with E-state index >= 15 is 0 Å². The smallest absolute Gasteiger partial charge is 0.255 e. The van der Waals surface area contributed by atoms with Gasteiger partial charge in [-0.3, -0.25) is 9.59 Å². The van der Waals surface area contributed by atoms with E-state index in [2.05, 4.69) is 22.3 Å². The lowest BCUT2D eigenvalue weighted by Gasteiger charge is -2.21. The number of nitrogens with two attached hydrogens (primary N) is 1. The first-order valence-corrected chi connectivity index (χ1v) is 11.7. The van der Waals surface area contributed by atoms with E-state index in [1.54, 1.807) is 17.4 Å². The fraction of sp³-hybridized carbons (Fsp3) is 0.320. The van der Waals surface area contributed by atoms with Crippen molar-refractivity contribution in [3.63, 3.8) is 0 Å². The molecule has 0 spiro atoms. The second-order valence-corrected chi connectivity index (χ2v) is 9.49. The molecule has 1 aromatic heterocycles. The number of hydrogen-bond donors (Lipinski definition) is 1. The maximum atomic E-state index is 13.1. The minimum atomic E-state index is -0.384. The highest BCUT2D eigenvalue weighted by Crippen LogP contribution is 2.34. The van der Waals surface area contributed by atoms with Crippen LogP contribution in [-0.4, -0.2) is 54.3 Å². The Morgan fingerprint density at radius 1 is 0.968 bits per heavy atom. The zero-order valence-corrected chi connectivity index (χ0v) is 18.2. The Balaban J connectivity index is 1.15. The molecular weight excluding hydrogens is 406 g/mol. The van der Waals surface area contributed by atoms with Crippen LogP contribution in [0, 0.1) is 18.3 Å². The number of likely N-dealkylation sites (tertiary alicyclic amines) is 2. The molecule has 0 bridgehead atoms. The lowest BCUT2D eigenvalue weighted by atomic mass is 10.0. The summed E-state index contributed by atoms with van der Waals surface area (Å²) in [5, 5.41) is 3.08. The van der Waals surface area contributed by atoms with Crippen molar-refractivity contribution in [1.82, 2.24) is 9.80 Å². The molecule has 2 aromatic carbocycles. The van der Waals surface area contributed by atoms with E-state index in [1.807, 2.05) is 41.8 Å². The molecule has 0 aliphatic carbocycles. The molecule has 1 unspecified atom stereocenters. The van der Waals surface area contributed by atoms with Crippen molar-refractivity contribution >= 4 is 33.2 Å². The second kappa shape index (κ2) is 8.44. The SMILES string of the molecule is NC(=O)c1ccccc1[CH]CCN1CC2CN(C(=O)c3csc4ccccc34)C[C@@H]2C1. The molecular formula is C25H26N3O2S. The molecule has 6 heteroatoms. The summed E-state index contributed by atoms with van der Waals surface area (Å²) in [5.41, 5.74) is 7.81. The van der Waals surface area contributed by atoms with Gasteiger partial charge < -0.3 is 15.5 Å². The Morgan fingerprint density at radius 3 is 2.45 bits per heavy atom. The van der Waals surface area contributed by atoms with Crippen LogP contribution in [0.4, 0.5) is 0 Å². The molecule has 31 heavy (non-hydrogen) atoms. The van der Waals surface area contributed by atoms with E-state index in [4.69, 9.17) is 5.73 Å². The number of hydrogen-bond acceptors (Lipinski definition) is 4. The molecule has 3 aromatic rings. The van der Waals surface area contributed by atoms with Gasteiger partial charge in [0.25, 0.3) is 5.91 Å². The van der Waals surface area contributed by atoms with Gasteiger partial charge in [0.1, 0.15) is 0 Å². The molecule has 3 heterocycles. The third-order valence-corrected chi connectivity index (χ3v) is 7.56. The summed E-state index contributed by atoms with van der Waals surface area (Å²) in [6, 6.07) is 15.6. The Bertz CT molecular complexity index is 1110. The van der Waals surface area contributed by atoms with Crippen molar-refractivity contribution in [3.05, 3.63) is 77.0 Å². The van der Waals surface area contributed by atoms with Crippen molar-refractivity contribution in [2.75, 3.05) is 32.7 Å². The quantitative estimate of drug-likeness (QED) is 0.647. The summed E-state index contributed by atoms with van der Waals surface area (Å²) < 4.78 is 1.17. The van der Waals surface area contributed by atoms with Crippen molar-refractivity contribution in [1.29, 1.82) is 0 Å². The van der Waals surface area contributed by atoms with E-state index in [-0.39, 0.29) is 11.8 Å². The molecule has 2 fully saturated rings. The standard InChI is InChI=1S/C25H26N3O2S/c26-24(29)20-8-2-1-6-17(20)7-5-11-27-12-18-14-28(15-19(18)13-27)25(30)22-16-31-23-10-4-3-9-21(22)23/h1-4,6-10,16,18-19H,5,11-15H2,(H2,26,29)/t18-,19?/m0/s1. The first-order chi connectivity index (χ1) is 15.1. The van der Waals surface area contributed by atoms with E-state index in [9.17, 15) is 9.59 Å². The van der Waals surface area contributed by atoms with Gasteiger partial charge >= 0.3 is 0 Å². The summed E-state index contributed by atoms with van der Waals surface area (Å²) in [6.45, 7) is 4.72. The van der Waals surface area contributed by atoms with Crippen LogP contribution >= 0.6 is 11.3 Å². The first-order valence-electron chi connectivity index (χ1n) is 10.8. The van der Waals surface area contributed by atoms with Crippen LogP contribution in [0.25, 0.3) is 10.1 Å². The lowest BCUT2D eigenvalue weighted by Crippen LogP contribution is -2.33. The van der Waals surface area contributed by atoms with Crippen molar-refractivity contribution in [2.24, 2.45) is 17.6 Å². The lowest BCUT2D eigenvalue weighted by molar-refractivity contribution is 0.0776. The number of primary amides is 1. The Hall–Kier alpha value is -2.70. The Kier molecular flexibility index (Phi) is 5.50. The molecule has 2 aliphatic rings. The number of amides is 2. The van der Waals surface area contributed by atoms with E-state index in [1.165, 1.54) is 4.70 Å². The van der Waals surface area contributed by atoms with Gasteiger partial charge in [-0.15, -0.1) is 11.3 Å². The van der Waals surface area contributed by atoms with Gasteiger partial charge in [0, 0.05) is 47.2 Å². The van der Waals surface area contributed by atoms with Crippen LogP contribution in [-0.2, 0) is 0 Å². The van der Waals surface area contributed by atoms with Crippen LogP contribution < -0.4 is 5.73 Å². The van der Waals surface area contributed by atoms with E-state index in [0.29, 0.717) is 17.4 Å². The summed E-state index contributed by atoms with van der Waals surface area (Å²) in [6.07, 6.45) is 2.99. The number of thiophene rings is 1. The van der Waals surface area contributed by atoms with E-state index < -0.39 is 0 Å². The maximum Gasteiger partial charge on any atom is 0.255 e. The molecule has 2 amide bonds. The van der Waals surface area contributed by atoms with Crippen LogP contribution in [0.3, 0.4) is 0 Å². The predicted octanol–water partition coefficient (Wildman–Crippen LogP) is 3.65. The average molecular weight is 433 g/mol. The minimum absolute atomic E-state index is 0.176. The molecule has 5 nitrogen and oxygen atoms in total. The molecule has 5 rings (SSSR count). The van der Waals surface area contributed by atoms with Crippen molar-refractivity contribution in [3.8, 4) is 0 Å². The Morgan fingerprint density at radius 2 is 1.68 bits per heavy atom. The summed E-state index contributed by atoms with van der Waals surface area (Å²) >= 11 is 1.64. The zero-order chi connectivity index (χ0) is 21.4. The number of rotatable bonds is 6. The van der Waals surface area contributed by atoms with Crippen LogP contribution in [0.15, 0.2) is 53.9 Å². The van der Waals surface area contributed by atoms with Gasteiger partial charge in [0.15, 0.2) is 0 Å². The predicted molar refractivity (Wildman–Crippen MR) is 124 cm³/mol. The second-order valence-electron chi connectivity index (χ2n) is 8.58. The maximum absolute atomic E-state index is 13.1. The molecule has 0 saturated carbocycles. The highest BCUT2D eigenvalue weighted by atomic mass is 32.1. The molecule has 2 N–H and O–H groups in total. The summed E-state index contributed by atoms with van der Waals surface area (Å²) in [5.74, 6) is 0.888. The number of benzene rings is 2. The number of carbonyl (C=O) groups excluding carboxylic acids is 2. The van der Waals surface area contributed by atoms with Gasteiger partial charge in [-0.2, -0.15) is 0 Å². The molecule has 159 valence electrons. The molecule has 1 radical (unpaired) electrons. The van der Waals surface area contributed by atoms with Crippen LogP contribution in [0.5, 0.6) is 0 Å². The largest absolute Gasteiger partial charge is 0.366 e. The van der Waals surface area contributed by atoms with Gasteiger partial charge in [-0.1, -0.05) is 36.4 Å². The zero-order valence-electron chi connectivity index (χ0n) is 17.4. The third kappa shape index (κ3) is 3.98. The van der Waals surface area contributed by atoms with Crippen LogP contribution in [0.1, 0.15) is 32.7 Å². The highest BCUT2D eigenvalue weighted by Gasteiger charge is 2.41. The fourth-order valence-corrected chi connectivity index (χ4v) is 5.99. The first kappa shape index (κ1) is 20.2. The van der Waals surface area contributed by atoms with E-state index in [0.717, 1.165) is 55.7 Å². The highest BCUT2D eigenvalue weighted by molar-refractivity contribution is 7.17. The van der Waals surface area contributed by atoms with Crippen molar-refractivity contribution in [2.45, 2.75) is 6.42 Å². The number of fused-ring (bicyclic) bond motifs is 2. The normalized spacial score (nSPS) is 21.0. The third-order valence-electron chi connectivity index (χ3n) is 6.60. The summed E-state index contributed by atoms with van der Waals surface area (Å²) in [7, 11) is 0. The monoisotopic (exact) mass is 432 g/mol. The van der Waals surface area contributed by atoms with Crippen molar-refractivity contribution < 1.29 is 9.59 Å². The minimum Gasteiger partial charge on any atom is -0.366 e. The van der Waals surface area contributed by atoms with Gasteiger partial charge in [0.2, 0.25) is 5.91 Å². The number of carbonyl (C=O) groups is 2. The van der Waals surface area contributed by atoms with Gasteiger partial charge in [-0.05, 0) is 48.9 Å². The topological polar surface area (TPSA) is 66.6 Å². The summed E-state index contributed by atoms with van der Waals surface area (Å²) in [4.78, 5) is 29.2. The average Bonchev–Trinajstić information content (AvgIpc) is 3.46.